The predicted molar refractivity (Wildman–Crippen MR) is 68.5 cm³/mol. The Kier molecular flexibility index (Phi) is 3.25. The Morgan fingerprint density at radius 3 is 2.89 bits per heavy atom. The Labute approximate surface area is 111 Å². The summed E-state index contributed by atoms with van der Waals surface area (Å²) in [5, 5.41) is 0. The molecule has 0 saturated carbocycles. The SMILES string of the molecule is COC(=O)C(C)n1c(N)nc2cc(Br)c(F)cc21. The summed E-state index contributed by atoms with van der Waals surface area (Å²) in [5.41, 5.74) is 6.71. The maximum Gasteiger partial charge on any atom is 0.328 e. The largest absolute Gasteiger partial charge is 0.467 e. The van der Waals surface area contributed by atoms with E-state index in [1.165, 1.54) is 23.8 Å². The van der Waals surface area contributed by atoms with Crippen molar-refractivity contribution in [2.24, 2.45) is 0 Å². The van der Waals surface area contributed by atoms with Gasteiger partial charge < -0.3 is 10.5 Å². The molecule has 1 atom stereocenters. The Morgan fingerprint density at radius 1 is 1.61 bits per heavy atom. The number of hydrogen-bond donors (Lipinski definition) is 1. The second-order valence-corrected chi connectivity index (χ2v) is 4.65. The van der Waals surface area contributed by atoms with Crippen molar-refractivity contribution < 1.29 is 13.9 Å². The van der Waals surface area contributed by atoms with Gasteiger partial charge in [-0.05, 0) is 28.9 Å². The summed E-state index contributed by atoms with van der Waals surface area (Å²) in [6, 6.07) is 2.13. The molecule has 1 aromatic carbocycles. The fraction of sp³-hybridized carbons (Fsp3) is 0.273. The summed E-state index contributed by atoms with van der Waals surface area (Å²) in [4.78, 5) is 15.6. The van der Waals surface area contributed by atoms with Crippen molar-refractivity contribution in [3.05, 3.63) is 22.4 Å². The average Bonchev–Trinajstić information content (AvgIpc) is 2.63. The molecule has 5 nitrogen and oxygen atoms in total. The summed E-state index contributed by atoms with van der Waals surface area (Å²) in [6.45, 7) is 1.61. The van der Waals surface area contributed by atoms with Crippen LogP contribution in [0.1, 0.15) is 13.0 Å². The number of rotatable bonds is 2. The molecule has 0 spiro atoms. The molecule has 2 aromatic rings. The van der Waals surface area contributed by atoms with E-state index in [-0.39, 0.29) is 5.95 Å². The van der Waals surface area contributed by atoms with Gasteiger partial charge in [-0.3, -0.25) is 4.57 Å². The number of ether oxygens (including phenoxy) is 1. The van der Waals surface area contributed by atoms with Crippen LogP contribution in [-0.4, -0.2) is 22.6 Å². The maximum atomic E-state index is 13.5. The number of nitrogens with two attached hydrogens (primary N) is 1. The van der Waals surface area contributed by atoms with Crippen molar-refractivity contribution in [1.82, 2.24) is 9.55 Å². The highest BCUT2D eigenvalue weighted by molar-refractivity contribution is 9.10. The molecule has 0 aliphatic heterocycles. The van der Waals surface area contributed by atoms with E-state index in [4.69, 9.17) is 5.73 Å². The second-order valence-electron chi connectivity index (χ2n) is 3.79. The Balaban J connectivity index is 2.67. The number of esters is 1. The normalized spacial score (nSPS) is 12.7. The fourth-order valence-corrected chi connectivity index (χ4v) is 2.12. The highest BCUT2D eigenvalue weighted by Crippen LogP contribution is 2.27. The van der Waals surface area contributed by atoms with E-state index in [2.05, 4.69) is 25.7 Å². The third-order valence-electron chi connectivity index (χ3n) is 2.69. The van der Waals surface area contributed by atoms with Crippen LogP contribution in [-0.2, 0) is 9.53 Å². The van der Waals surface area contributed by atoms with Crippen LogP contribution in [0.3, 0.4) is 0 Å². The second kappa shape index (κ2) is 4.56. The first-order chi connectivity index (χ1) is 8.45. The van der Waals surface area contributed by atoms with Gasteiger partial charge in [-0.2, -0.15) is 0 Å². The molecular formula is C11H11BrFN3O2. The molecule has 7 heteroatoms. The van der Waals surface area contributed by atoms with Crippen molar-refractivity contribution in [3.63, 3.8) is 0 Å². The van der Waals surface area contributed by atoms with Crippen molar-refractivity contribution in [1.29, 1.82) is 0 Å². The van der Waals surface area contributed by atoms with Crippen molar-refractivity contribution in [2.45, 2.75) is 13.0 Å². The molecule has 2 rings (SSSR count). The Bertz CT molecular complexity index is 626. The lowest BCUT2D eigenvalue weighted by Crippen LogP contribution is -2.19. The minimum absolute atomic E-state index is 0.139. The topological polar surface area (TPSA) is 70.1 Å². The number of benzene rings is 1. The van der Waals surface area contributed by atoms with Crippen LogP contribution in [0, 0.1) is 5.82 Å². The lowest BCUT2D eigenvalue weighted by Gasteiger charge is -2.13. The van der Waals surface area contributed by atoms with Gasteiger partial charge in [0.1, 0.15) is 11.9 Å². The van der Waals surface area contributed by atoms with Crippen molar-refractivity contribution >= 4 is 38.9 Å². The zero-order chi connectivity index (χ0) is 13.4. The van der Waals surface area contributed by atoms with Gasteiger partial charge in [0.05, 0.1) is 22.6 Å². The fourth-order valence-electron chi connectivity index (χ4n) is 1.79. The van der Waals surface area contributed by atoms with E-state index in [1.54, 1.807) is 6.92 Å². The zero-order valence-corrected chi connectivity index (χ0v) is 11.4. The molecular weight excluding hydrogens is 305 g/mol. The number of halogens is 2. The van der Waals surface area contributed by atoms with Crippen LogP contribution < -0.4 is 5.73 Å². The lowest BCUT2D eigenvalue weighted by atomic mass is 10.2. The van der Waals surface area contributed by atoms with E-state index >= 15 is 0 Å². The zero-order valence-electron chi connectivity index (χ0n) is 9.78. The summed E-state index contributed by atoms with van der Waals surface area (Å²) < 4.78 is 19.9. The first-order valence-electron chi connectivity index (χ1n) is 5.16. The van der Waals surface area contributed by atoms with Crippen LogP contribution in [0.5, 0.6) is 0 Å². The highest BCUT2D eigenvalue weighted by Gasteiger charge is 2.21. The third kappa shape index (κ3) is 1.94. The standard InChI is InChI=1S/C11H11BrFN3O2/c1-5(10(17)18-2)16-9-4-7(13)6(12)3-8(9)15-11(16)14/h3-5H,1-2H3,(H2,14,15). The molecule has 18 heavy (non-hydrogen) atoms. The summed E-state index contributed by atoms with van der Waals surface area (Å²) in [5.74, 6) is -0.773. The van der Waals surface area contributed by atoms with Gasteiger partial charge in [0, 0.05) is 6.07 Å². The number of carbonyl (C=O) groups excluding carboxylic acids is 1. The molecule has 1 unspecified atom stereocenters. The highest BCUT2D eigenvalue weighted by atomic mass is 79.9. The molecule has 0 saturated heterocycles. The smallest absolute Gasteiger partial charge is 0.328 e. The van der Waals surface area contributed by atoms with Gasteiger partial charge in [-0.15, -0.1) is 0 Å². The van der Waals surface area contributed by atoms with Crippen LogP contribution >= 0.6 is 15.9 Å². The monoisotopic (exact) mass is 315 g/mol. The van der Waals surface area contributed by atoms with E-state index < -0.39 is 17.8 Å². The minimum atomic E-state index is -0.666. The first kappa shape index (κ1) is 12.8. The number of imidazole rings is 1. The number of fused-ring (bicyclic) bond motifs is 1. The molecule has 1 heterocycles. The van der Waals surface area contributed by atoms with E-state index in [0.717, 1.165) is 0 Å². The van der Waals surface area contributed by atoms with Gasteiger partial charge in [0.25, 0.3) is 0 Å². The third-order valence-corrected chi connectivity index (χ3v) is 3.30. The molecule has 96 valence electrons. The molecule has 1 aromatic heterocycles. The summed E-state index contributed by atoms with van der Waals surface area (Å²) in [7, 11) is 1.28. The average molecular weight is 316 g/mol. The first-order valence-corrected chi connectivity index (χ1v) is 5.95. The number of anilines is 1. The van der Waals surface area contributed by atoms with Gasteiger partial charge >= 0.3 is 5.97 Å². The van der Waals surface area contributed by atoms with Gasteiger partial charge in [0.2, 0.25) is 5.95 Å². The Morgan fingerprint density at radius 2 is 2.28 bits per heavy atom. The van der Waals surface area contributed by atoms with E-state index in [9.17, 15) is 9.18 Å². The summed E-state index contributed by atoms with van der Waals surface area (Å²) >= 11 is 3.07. The van der Waals surface area contributed by atoms with Crippen LogP contribution in [0.4, 0.5) is 10.3 Å². The van der Waals surface area contributed by atoms with Crippen LogP contribution in [0.25, 0.3) is 11.0 Å². The van der Waals surface area contributed by atoms with E-state index in [0.29, 0.717) is 15.5 Å². The molecule has 0 amide bonds. The molecule has 0 fully saturated rings. The maximum absolute atomic E-state index is 13.5. The minimum Gasteiger partial charge on any atom is -0.467 e. The predicted octanol–water partition coefficient (Wildman–Crippen LogP) is 2.25. The molecule has 0 radical (unpaired) electrons. The van der Waals surface area contributed by atoms with E-state index in [1.807, 2.05) is 0 Å². The van der Waals surface area contributed by atoms with Crippen molar-refractivity contribution in [2.75, 3.05) is 12.8 Å². The molecule has 0 bridgehead atoms. The Hall–Kier alpha value is -1.63. The van der Waals surface area contributed by atoms with Gasteiger partial charge in [-0.1, -0.05) is 0 Å². The van der Waals surface area contributed by atoms with Crippen molar-refractivity contribution in [3.8, 4) is 0 Å². The van der Waals surface area contributed by atoms with Gasteiger partial charge in [0.15, 0.2) is 0 Å². The molecule has 0 aliphatic rings. The number of methoxy groups -OCH3 is 1. The number of nitrogens with zero attached hydrogens (tertiary/aromatic N) is 2. The number of nitrogen functional groups attached to an aromatic ring is 1. The van der Waals surface area contributed by atoms with Gasteiger partial charge in [-0.25, -0.2) is 14.2 Å². The number of hydrogen-bond acceptors (Lipinski definition) is 4. The number of aromatic nitrogens is 2. The molecule has 0 aliphatic carbocycles. The quantitative estimate of drug-likeness (QED) is 0.863. The number of carbonyl (C=O) groups is 1. The summed E-state index contributed by atoms with van der Waals surface area (Å²) in [6.07, 6.45) is 0. The molecule has 2 N–H and O–H groups in total. The van der Waals surface area contributed by atoms with Crippen LogP contribution in [0.2, 0.25) is 0 Å². The lowest BCUT2D eigenvalue weighted by molar-refractivity contribution is -0.143. The van der Waals surface area contributed by atoms with Crippen LogP contribution in [0.15, 0.2) is 16.6 Å².